The van der Waals surface area contributed by atoms with Crippen molar-refractivity contribution in [3.8, 4) is 0 Å². The predicted octanol–water partition coefficient (Wildman–Crippen LogP) is 1.03. The van der Waals surface area contributed by atoms with Crippen LogP contribution in [0.5, 0.6) is 0 Å². The minimum absolute atomic E-state index is 0.0858. The molecule has 0 aromatic carbocycles. The molecule has 8 heteroatoms. The molecule has 1 saturated heterocycles. The van der Waals surface area contributed by atoms with E-state index in [1.54, 1.807) is 0 Å². The molecule has 0 saturated carbocycles. The van der Waals surface area contributed by atoms with E-state index in [2.05, 4.69) is 17.1 Å². The lowest BCUT2D eigenvalue weighted by Crippen LogP contribution is -2.41. The zero-order valence-corrected chi connectivity index (χ0v) is 13.6. The van der Waals surface area contributed by atoms with E-state index in [1.807, 2.05) is 23.9 Å². The fourth-order valence-electron chi connectivity index (χ4n) is 2.20. The van der Waals surface area contributed by atoms with E-state index in [-0.39, 0.29) is 11.9 Å². The Kier molecular flexibility index (Phi) is 6.01. The standard InChI is InChI=1S/C13H22N4O3S/c1-4-10(16(2)3)12-14-15-13(20-12)21-9-11(18)17-5-7-19-8-6-17/h10H,4-9H2,1-3H3/t10-/m1/s1. The molecule has 1 atom stereocenters. The topological polar surface area (TPSA) is 71.7 Å². The van der Waals surface area contributed by atoms with Crippen LogP contribution in [-0.2, 0) is 9.53 Å². The van der Waals surface area contributed by atoms with Crippen molar-refractivity contribution in [2.24, 2.45) is 0 Å². The highest BCUT2D eigenvalue weighted by molar-refractivity contribution is 7.99. The van der Waals surface area contributed by atoms with Gasteiger partial charge in [0, 0.05) is 13.1 Å². The fourth-order valence-corrected chi connectivity index (χ4v) is 2.87. The molecule has 1 aromatic rings. The van der Waals surface area contributed by atoms with Crippen LogP contribution in [0.2, 0.25) is 0 Å². The Morgan fingerprint density at radius 1 is 1.38 bits per heavy atom. The molecule has 2 rings (SSSR count). The number of hydrogen-bond donors (Lipinski definition) is 0. The van der Waals surface area contributed by atoms with Gasteiger partial charge in [-0.25, -0.2) is 0 Å². The first-order valence-electron chi connectivity index (χ1n) is 7.10. The molecule has 118 valence electrons. The van der Waals surface area contributed by atoms with Crippen LogP contribution in [0.3, 0.4) is 0 Å². The molecule has 0 N–H and O–H groups in total. The van der Waals surface area contributed by atoms with Gasteiger partial charge in [0.1, 0.15) is 0 Å². The van der Waals surface area contributed by atoms with Gasteiger partial charge in [0.2, 0.25) is 11.8 Å². The van der Waals surface area contributed by atoms with Crippen LogP contribution < -0.4 is 0 Å². The number of carbonyl (C=O) groups excluding carboxylic acids is 1. The molecule has 2 heterocycles. The summed E-state index contributed by atoms with van der Waals surface area (Å²) in [7, 11) is 3.96. The number of thioether (sulfide) groups is 1. The van der Waals surface area contributed by atoms with Crippen LogP contribution in [0.15, 0.2) is 9.64 Å². The molecular formula is C13H22N4O3S. The van der Waals surface area contributed by atoms with Gasteiger partial charge >= 0.3 is 0 Å². The van der Waals surface area contributed by atoms with E-state index < -0.39 is 0 Å². The number of rotatable bonds is 6. The molecular weight excluding hydrogens is 292 g/mol. The average Bonchev–Trinajstić information content (AvgIpc) is 2.94. The quantitative estimate of drug-likeness (QED) is 0.726. The number of hydrogen-bond acceptors (Lipinski definition) is 7. The lowest BCUT2D eigenvalue weighted by atomic mass is 10.2. The molecule has 0 spiro atoms. The average molecular weight is 314 g/mol. The second kappa shape index (κ2) is 7.77. The Morgan fingerprint density at radius 2 is 2.10 bits per heavy atom. The summed E-state index contributed by atoms with van der Waals surface area (Å²) in [6, 6.07) is 0.113. The molecule has 1 aromatic heterocycles. The Bertz CT molecular complexity index is 460. The van der Waals surface area contributed by atoms with Crippen molar-refractivity contribution in [3.63, 3.8) is 0 Å². The summed E-state index contributed by atoms with van der Waals surface area (Å²) in [6.45, 7) is 4.62. The van der Waals surface area contributed by atoms with Crippen molar-refractivity contribution in [1.29, 1.82) is 0 Å². The van der Waals surface area contributed by atoms with Gasteiger partial charge in [-0.1, -0.05) is 18.7 Å². The molecule has 0 unspecified atom stereocenters. The highest BCUT2D eigenvalue weighted by Gasteiger charge is 2.21. The van der Waals surface area contributed by atoms with E-state index in [1.165, 1.54) is 11.8 Å². The highest BCUT2D eigenvalue weighted by Crippen LogP contribution is 2.24. The lowest BCUT2D eigenvalue weighted by molar-refractivity contribution is -0.132. The maximum Gasteiger partial charge on any atom is 0.277 e. The maximum atomic E-state index is 12.0. The van der Waals surface area contributed by atoms with Gasteiger partial charge in [0.25, 0.3) is 5.22 Å². The first kappa shape index (κ1) is 16.3. The van der Waals surface area contributed by atoms with E-state index in [4.69, 9.17) is 9.15 Å². The summed E-state index contributed by atoms with van der Waals surface area (Å²) < 4.78 is 10.9. The van der Waals surface area contributed by atoms with Gasteiger partial charge in [0.05, 0.1) is 25.0 Å². The molecule has 0 aliphatic carbocycles. The molecule has 0 bridgehead atoms. The molecule has 7 nitrogen and oxygen atoms in total. The minimum Gasteiger partial charge on any atom is -0.414 e. The predicted molar refractivity (Wildman–Crippen MR) is 79.1 cm³/mol. The number of carbonyl (C=O) groups is 1. The van der Waals surface area contributed by atoms with Gasteiger partial charge in [-0.3, -0.25) is 9.69 Å². The first-order chi connectivity index (χ1) is 10.1. The number of amides is 1. The van der Waals surface area contributed by atoms with Crippen molar-refractivity contribution >= 4 is 17.7 Å². The van der Waals surface area contributed by atoms with Gasteiger partial charge in [-0.15, -0.1) is 10.2 Å². The summed E-state index contributed by atoms with van der Waals surface area (Å²) >= 11 is 1.29. The molecule has 0 radical (unpaired) electrons. The third-order valence-electron chi connectivity index (χ3n) is 3.40. The second-order valence-corrected chi connectivity index (χ2v) is 6.00. The third kappa shape index (κ3) is 4.42. The van der Waals surface area contributed by atoms with Crippen molar-refractivity contribution in [2.75, 3.05) is 46.2 Å². The van der Waals surface area contributed by atoms with Crippen LogP contribution >= 0.6 is 11.8 Å². The Balaban J connectivity index is 1.86. The zero-order chi connectivity index (χ0) is 15.2. The summed E-state index contributed by atoms with van der Waals surface area (Å²) in [5.74, 6) is 1.01. The van der Waals surface area contributed by atoms with Crippen LogP contribution in [0.4, 0.5) is 0 Å². The van der Waals surface area contributed by atoms with Gasteiger partial charge in [0.15, 0.2) is 0 Å². The Hall–Kier alpha value is -1.12. The summed E-state index contributed by atoms with van der Waals surface area (Å²) in [5.41, 5.74) is 0. The molecule has 1 amide bonds. The van der Waals surface area contributed by atoms with E-state index in [9.17, 15) is 4.79 Å². The normalized spacial score (nSPS) is 17.2. The minimum atomic E-state index is 0.0858. The van der Waals surface area contributed by atoms with Crippen molar-refractivity contribution in [1.82, 2.24) is 20.0 Å². The van der Waals surface area contributed by atoms with Crippen LogP contribution in [0, 0.1) is 0 Å². The fraction of sp³-hybridized carbons (Fsp3) is 0.769. The maximum absolute atomic E-state index is 12.0. The molecule has 1 fully saturated rings. The van der Waals surface area contributed by atoms with Gasteiger partial charge in [-0.05, 0) is 20.5 Å². The van der Waals surface area contributed by atoms with E-state index in [0.29, 0.717) is 43.2 Å². The Morgan fingerprint density at radius 3 is 2.71 bits per heavy atom. The summed E-state index contributed by atoms with van der Waals surface area (Å²) in [4.78, 5) is 15.9. The number of nitrogens with zero attached hydrogens (tertiary/aromatic N) is 4. The van der Waals surface area contributed by atoms with E-state index in [0.717, 1.165) is 6.42 Å². The van der Waals surface area contributed by atoms with Gasteiger partial charge in [-0.2, -0.15) is 0 Å². The zero-order valence-electron chi connectivity index (χ0n) is 12.7. The van der Waals surface area contributed by atoms with Crippen molar-refractivity contribution in [3.05, 3.63) is 5.89 Å². The van der Waals surface area contributed by atoms with Crippen LogP contribution in [0.1, 0.15) is 25.3 Å². The van der Waals surface area contributed by atoms with Crippen molar-refractivity contribution < 1.29 is 13.9 Å². The largest absolute Gasteiger partial charge is 0.414 e. The first-order valence-corrected chi connectivity index (χ1v) is 8.08. The molecule has 21 heavy (non-hydrogen) atoms. The summed E-state index contributed by atoms with van der Waals surface area (Å²) in [5, 5.41) is 8.53. The summed E-state index contributed by atoms with van der Waals surface area (Å²) in [6.07, 6.45) is 0.895. The highest BCUT2D eigenvalue weighted by atomic mass is 32.2. The Labute approximate surface area is 129 Å². The van der Waals surface area contributed by atoms with Gasteiger partial charge < -0.3 is 14.1 Å². The monoisotopic (exact) mass is 314 g/mol. The van der Waals surface area contributed by atoms with Crippen molar-refractivity contribution in [2.45, 2.75) is 24.6 Å². The lowest BCUT2D eigenvalue weighted by Gasteiger charge is -2.26. The molecule has 1 aliphatic rings. The van der Waals surface area contributed by atoms with E-state index >= 15 is 0 Å². The number of aromatic nitrogens is 2. The SMILES string of the molecule is CC[C@H](c1nnc(SCC(=O)N2CCOCC2)o1)N(C)C. The van der Waals surface area contributed by atoms with Crippen LogP contribution in [0.25, 0.3) is 0 Å². The molecule has 1 aliphatic heterocycles. The second-order valence-electron chi connectivity index (χ2n) is 5.08. The number of ether oxygens (including phenoxy) is 1. The van der Waals surface area contributed by atoms with Crippen LogP contribution in [-0.4, -0.2) is 72.1 Å². The number of morpholine rings is 1. The smallest absolute Gasteiger partial charge is 0.277 e. The third-order valence-corrected chi connectivity index (χ3v) is 4.20.